The van der Waals surface area contributed by atoms with Crippen LogP contribution in [0.25, 0.3) is 11.0 Å². The lowest BCUT2D eigenvalue weighted by Crippen LogP contribution is -2.29. The van der Waals surface area contributed by atoms with Crippen molar-refractivity contribution < 1.29 is 19.1 Å². The predicted molar refractivity (Wildman–Crippen MR) is 125 cm³/mol. The van der Waals surface area contributed by atoms with Gasteiger partial charge >= 0.3 is 0 Å². The van der Waals surface area contributed by atoms with Crippen LogP contribution in [-0.4, -0.2) is 23.0 Å². The minimum Gasteiger partial charge on any atom is -0.504 e. The fourth-order valence-electron chi connectivity index (χ4n) is 4.18. The third kappa shape index (κ3) is 3.52. The molecular weight excluding hydrogens is 465 g/mol. The van der Waals surface area contributed by atoms with Crippen molar-refractivity contribution in [1.82, 2.24) is 4.90 Å². The van der Waals surface area contributed by atoms with Crippen molar-refractivity contribution in [2.24, 2.45) is 0 Å². The van der Waals surface area contributed by atoms with E-state index in [9.17, 15) is 14.7 Å². The van der Waals surface area contributed by atoms with E-state index in [2.05, 4.69) is 0 Å². The number of halogens is 2. The molecule has 1 aliphatic heterocycles. The number of methoxy groups -OCH3 is 1. The summed E-state index contributed by atoms with van der Waals surface area (Å²) in [6.45, 7) is 0.146. The first-order chi connectivity index (χ1) is 15.9. The van der Waals surface area contributed by atoms with E-state index in [0.717, 1.165) is 5.56 Å². The van der Waals surface area contributed by atoms with Crippen LogP contribution in [0, 0.1) is 0 Å². The number of amides is 1. The number of carbonyl (C=O) groups is 1. The second kappa shape index (κ2) is 8.14. The first-order valence-corrected chi connectivity index (χ1v) is 10.8. The zero-order chi connectivity index (χ0) is 23.3. The summed E-state index contributed by atoms with van der Waals surface area (Å²) in [4.78, 5) is 28.6. The highest BCUT2D eigenvalue weighted by atomic mass is 35.5. The van der Waals surface area contributed by atoms with E-state index in [4.69, 9.17) is 32.4 Å². The fraction of sp³-hybridized carbons (Fsp3) is 0.120. The number of nitrogens with zero attached hydrogens (tertiary/aromatic N) is 1. The molecular formula is C25H17Cl2NO5. The molecule has 2 heterocycles. The van der Waals surface area contributed by atoms with Gasteiger partial charge in [0.2, 0.25) is 5.76 Å². The molecule has 1 amide bonds. The zero-order valence-electron chi connectivity index (χ0n) is 17.3. The Morgan fingerprint density at radius 1 is 1.06 bits per heavy atom. The van der Waals surface area contributed by atoms with Crippen molar-refractivity contribution in [1.29, 1.82) is 0 Å². The number of phenols is 1. The molecule has 0 unspecified atom stereocenters. The van der Waals surface area contributed by atoms with Crippen molar-refractivity contribution in [2.75, 3.05) is 7.11 Å². The second-order valence-corrected chi connectivity index (χ2v) is 8.52. The maximum atomic E-state index is 13.6. The van der Waals surface area contributed by atoms with Gasteiger partial charge in [0.15, 0.2) is 16.9 Å². The summed E-state index contributed by atoms with van der Waals surface area (Å²) in [7, 11) is 1.43. The van der Waals surface area contributed by atoms with Gasteiger partial charge in [0, 0.05) is 16.6 Å². The SMILES string of the molecule is COc1cc([C@@H]2c3c(oc4ccc(Cl)cc4c3=O)C(=O)N2Cc2ccccc2Cl)ccc1O. The van der Waals surface area contributed by atoms with Crippen LogP contribution in [0.4, 0.5) is 0 Å². The Kier molecular flexibility index (Phi) is 5.27. The minimum atomic E-state index is -0.780. The number of benzene rings is 3. The number of aromatic hydroxyl groups is 1. The van der Waals surface area contributed by atoms with Gasteiger partial charge in [-0.25, -0.2) is 0 Å². The van der Waals surface area contributed by atoms with Gasteiger partial charge in [-0.15, -0.1) is 0 Å². The number of rotatable bonds is 4. The highest BCUT2D eigenvalue weighted by Gasteiger charge is 2.43. The Balaban J connectivity index is 1.76. The summed E-state index contributed by atoms with van der Waals surface area (Å²) in [5.74, 6) is -0.296. The third-order valence-corrected chi connectivity index (χ3v) is 6.35. The van der Waals surface area contributed by atoms with Gasteiger partial charge in [0.25, 0.3) is 5.91 Å². The molecule has 0 bridgehead atoms. The molecule has 0 aliphatic carbocycles. The first-order valence-electron chi connectivity index (χ1n) is 10.1. The smallest absolute Gasteiger partial charge is 0.291 e. The van der Waals surface area contributed by atoms with Crippen LogP contribution in [0.15, 0.2) is 69.9 Å². The Bertz CT molecular complexity index is 1480. The molecule has 1 N–H and O–H groups in total. The molecule has 0 spiro atoms. The largest absolute Gasteiger partial charge is 0.504 e. The standard InChI is InChI=1S/C25H17Cl2NO5/c1-32-20-10-13(6-8-18(20)29)22-21-23(30)16-11-15(26)7-9-19(16)33-24(21)25(31)28(22)12-14-4-2-3-5-17(14)27/h2-11,22,29H,12H2,1H3/t22-/m1/s1. The van der Waals surface area contributed by atoms with Crippen LogP contribution in [0.1, 0.15) is 33.3 Å². The molecule has 0 saturated heterocycles. The number of fused-ring (bicyclic) bond motifs is 2. The summed E-state index contributed by atoms with van der Waals surface area (Å²) in [6.07, 6.45) is 0. The van der Waals surface area contributed by atoms with E-state index in [-0.39, 0.29) is 45.8 Å². The quantitative estimate of drug-likeness (QED) is 0.412. The third-order valence-electron chi connectivity index (χ3n) is 5.75. The Morgan fingerprint density at radius 3 is 2.61 bits per heavy atom. The first kappa shape index (κ1) is 21.4. The van der Waals surface area contributed by atoms with Gasteiger partial charge in [0.05, 0.1) is 24.1 Å². The molecule has 33 heavy (non-hydrogen) atoms. The summed E-state index contributed by atoms with van der Waals surface area (Å²) in [6, 6.07) is 15.8. The lowest BCUT2D eigenvalue weighted by molar-refractivity contribution is 0.0714. The topological polar surface area (TPSA) is 80.0 Å². The van der Waals surface area contributed by atoms with Gasteiger partial charge in [-0.3, -0.25) is 9.59 Å². The van der Waals surface area contributed by atoms with E-state index < -0.39 is 11.9 Å². The van der Waals surface area contributed by atoms with Crippen LogP contribution in [0.2, 0.25) is 10.0 Å². The number of hydrogen-bond donors (Lipinski definition) is 1. The highest BCUT2D eigenvalue weighted by molar-refractivity contribution is 6.31. The molecule has 3 aromatic carbocycles. The van der Waals surface area contributed by atoms with Crippen LogP contribution in [0.5, 0.6) is 11.5 Å². The van der Waals surface area contributed by atoms with Gasteiger partial charge in [-0.2, -0.15) is 0 Å². The van der Waals surface area contributed by atoms with Crippen molar-refractivity contribution in [3.05, 3.63) is 103 Å². The fourth-order valence-corrected chi connectivity index (χ4v) is 4.54. The number of ether oxygens (including phenoxy) is 1. The van der Waals surface area contributed by atoms with Crippen molar-refractivity contribution >= 4 is 40.1 Å². The lowest BCUT2D eigenvalue weighted by Gasteiger charge is -2.26. The van der Waals surface area contributed by atoms with E-state index in [0.29, 0.717) is 15.6 Å². The molecule has 0 radical (unpaired) electrons. The number of carbonyl (C=O) groups excluding carboxylic acids is 1. The van der Waals surface area contributed by atoms with E-state index in [1.54, 1.807) is 36.4 Å². The van der Waals surface area contributed by atoms with Crippen LogP contribution in [0.3, 0.4) is 0 Å². The van der Waals surface area contributed by atoms with Crippen molar-refractivity contribution in [3.63, 3.8) is 0 Å². The molecule has 4 aromatic rings. The van der Waals surface area contributed by atoms with Gasteiger partial charge < -0.3 is 19.2 Å². The van der Waals surface area contributed by atoms with E-state index >= 15 is 0 Å². The number of hydrogen-bond acceptors (Lipinski definition) is 5. The van der Waals surface area contributed by atoms with E-state index in [1.165, 1.54) is 24.1 Å². The maximum absolute atomic E-state index is 13.6. The molecule has 6 nitrogen and oxygen atoms in total. The van der Waals surface area contributed by atoms with Crippen LogP contribution < -0.4 is 10.2 Å². The maximum Gasteiger partial charge on any atom is 0.291 e. The normalized spacial score (nSPS) is 15.2. The van der Waals surface area contributed by atoms with Crippen LogP contribution in [-0.2, 0) is 6.54 Å². The molecule has 1 aromatic heterocycles. The average molecular weight is 482 g/mol. The Morgan fingerprint density at radius 2 is 1.85 bits per heavy atom. The molecule has 166 valence electrons. The minimum absolute atomic E-state index is 0.0288. The zero-order valence-corrected chi connectivity index (χ0v) is 18.9. The average Bonchev–Trinajstić information content (AvgIpc) is 3.08. The monoisotopic (exact) mass is 481 g/mol. The Labute approximate surface area is 198 Å². The Hall–Kier alpha value is -3.48. The van der Waals surface area contributed by atoms with E-state index in [1.807, 2.05) is 12.1 Å². The summed E-state index contributed by atoms with van der Waals surface area (Å²) in [5, 5.41) is 11.2. The van der Waals surface area contributed by atoms with Crippen molar-refractivity contribution in [3.8, 4) is 11.5 Å². The summed E-state index contributed by atoms with van der Waals surface area (Å²) < 4.78 is 11.2. The molecule has 1 aliphatic rings. The lowest BCUT2D eigenvalue weighted by atomic mass is 9.97. The summed E-state index contributed by atoms with van der Waals surface area (Å²) in [5.41, 5.74) is 1.43. The van der Waals surface area contributed by atoms with Gasteiger partial charge in [-0.1, -0.05) is 47.5 Å². The highest BCUT2D eigenvalue weighted by Crippen LogP contribution is 2.42. The number of phenolic OH excluding ortho intramolecular Hbond substituents is 1. The van der Waals surface area contributed by atoms with Gasteiger partial charge in [-0.05, 0) is 47.5 Å². The molecule has 1 atom stereocenters. The van der Waals surface area contributed by atoms with Crippen molar-refractivity contribution in [2.45, 2.75) is 12.6 Å². The molecule has 5 rings (SSSR count). The predicted octanol–water partition coefficient (Wildman–Crippen LogP) is 5.56. The van der Waals surface area contributed by atoms with Crippen LogP contribution >= 0.6 is 23.2 Å². The molecule has 0 fully saturated rings. The summed E-state index contributed by atoms with van der Waals surface area (Å²) >= 11 is 12.5. The second-order valence-electron chi connectivity index (χ2n) is 7.67. The van der Waals surface area contributed by atoms with Gasteiger partial charge in [0.1, 0.15) is 5.58 Å². The molecule has 8 heteroatoms. The molecule has 0 saturated carbocycles.